The van der Waals surface area contributed by atoms with Crippen LogP contribution in [0.4, 0.5) is 0 Å². The van der Waals surface area contributed by atoms with Crippen molar-refractivity contribution in [2.24, 2.45) is 5.92 Å². The standard InChI is InChI=1S/C12H22N2O4S/c1-9(2)11-12(16)14(7-5-10(15)13-11)6-4-8-19(3,17)18/h9,11H,4-8H2,1-3H3,(H,13,15). The van der Waals surface area contributed by atoms with Gasteiger partial charge in [-0.25, -0.2) is 8.42 Å². The maximum absolute atomic E-state index is 12.2. The Bertz CT molecular complexity index is 445. The molecule has 0 aromatic carbocycles. The summed E-state index contributed by atoms with van der Waals surface area (Å²) in [5, 5.41) is 2.72. The highest BCUT2D eigenvalue weighted by atomic mass is 32.2. The van der Waals surface area contributed by atoms with Crippen LogP contribution in [0.1, 0.15) is 26.7 Å². The molecule has 1 atom stereocenters. The zero-order chi connectivity index (χ0) is 14.6. The molecule has 1 fully saturated rings. The summed E-state index contributed by atoms with van der Waals surface area (Å²) in [6, 6.07) is -0.506. The summed E-state index contributed by atoms with van der Waals surface area (Å²) in [6.07, 6.45) is 1.86. The van der Waals surface area contributed by atoms with Gasteiger partial charge >= 0.3 is 0 Å². The summed E-state index contributed by atoms with van der Waals surface area (Å²) in [5.41, 5.74) is 0. The van der Waals surface area contributed by atoms with Crippen LogP contribution >= 0.6 is 0 Å². The number of hydrogen-bond acceptors (Lipinski definition) is 4. The number of carbonyl (C=O) groups excluding carboxylic acids is 2. The SMILES string of the molecule is CC(C)C1NC(=O)CCN(CCCS(C)(=O)=O)C1=O. The minimum Gasteiger partial charge on any atom is -0.344 e. The molecule has 0 bridgehead atoms. The van der Waals surface area contributed by atoms with Crippen LogP contribution in [-0.2, 0) is 19.4 Å². The largest absolute Gasteiger partial charge is 0.344 e. The number of hydrogen-bond donors (Lipinski definition) is 1. The highest BCUT2D eigenvalue weighted by Gasteiger charge is 2.31. The van der Waals surface area contributed by atoms with E-state index in [4.69, 9.17) is 0 Å². The maximum Gasteiger partial charge on any atom is 0.245 e. The van der Waals surface area contributed by atoms with E-state index in [1.807, 2.05) is 13.8 Å². The van der Waals surface area contributed by atoms with Crippen molar-refractivity contribution in [3.8, 4) is 0 Å². The Hall–Kier alpha value is -1.11. The quantitative estimate of drug-likeness (QED) is 0.759. The molecule has 1 N–H and O–H groups in total. The Balaban J connectivity index is 2.65. The van der Waals surface area contributed by atoms with Crippen LogP contribution in [0, 0.1) is 5.92 Å². The number of nitrogens with one attached hydrogen (secondary N) is 1. The van der Waals surface area contributed by atoms with E-state index in [9.17, 15) is 18.0 Å². The fraction of sp³-hybridized carbons (Fsp3) is 0.833. The summed E-state index contributed by atoms with van der Waals surface area (Å²) in [5.74, 6) is -0.163. The monoisotopic (exact) mass is 290 g/mol. The van der Waals surface area contributed by atoms with E-state index in [1.165, 1.54) is 6.26 Å². The van der Waals surface area contributed by atoms with Gasteiger partial charge in [0, 0.05) is 25.8 Å². The van der Waals surface area contributed by atoms with Crippen LogP contribution < -0.4 is 5.32 Å². The van der Waals surface area contributed by atoms with E-state index in [-0.39, 0.29) is 29.9 Å². The molecule has 0 radical (unpaired) electrons. The van der Waals surface area contributed by atoms with Crippen molar-refractivity contribution in [3.63, 3.8) is 0 Å². The minimum absolute atomic E-state index is 0.0203. The molecule has 0 aliphatic carbocycles. The van der Waals surface area contributed by atoms with E-state index in [1.54, 1.807) is 4.90 Å². The highest BCUT2D eigenvalue weighted by molar-refractivity contribution is 7.90. The predicted octanol–water partition coefficient (Wildman–Crippen LogP) is -0.206. The second-order valence-corrected chi connectivity index (χ2v) is 7.61. The van der Waals surface area contributed by atoms with E-state index in [2.05, 4.69) is 5.32 Å². The summed E-state index contributed by atoms with van der Waals surface area (Å²) < 4.78 is 22.2. The van der Waals surface area contributed by atoms with Crippen molar-refractivity contribution >= 4 is 21.7 Å². The lowest BCUT2D eigenvalue weighted by atomic mass is 10.0. The van der Waals surface area contributed by atoms with Gasteiger partial charge in [-0.05, 0) is 12.3 Å². The second kappa shape index (κ2) is 6.36. The molecule has 0 aromatic heterocycles. The van der Waals surface area contributed by atoms with Crippen molar-refractivity contribution < 1.29 is 18.0 Å². The minimum atomic E-state index is -3.01. The Morgan fingerprint density at radius 1 is 1.37 bits per heavy atom. The Labute approximate surface area is 114 Å². The smallest absolute Gasteiger partial charge is 0.245 e. The van der Waals surface area contributed by atoms with Crippen LogP contribution in [0.2, 0.25) is 0 Å². The average Bonchev–Trinajstić information content (AvgIpc) is 2.40. The fourth-order valence-corrected chi connectivity index (χ4v) is 2.70. The van der Waals surface area contributed by atoms with Crippen LogP contribution in [0.3, 0.4) is 0 Å². The van der Waals surface area contributed by atoms with Gasteiger partial charge in [0.1, 0.15) is 15.9 Å². The number of nitrogens with zero attached hydrogens (tertiary/aromatic N) is 1. The van der Waals surface area contributed by atoms with Gasteiger partial charge in [-0.3, -0.25) is 9.59 Å². The normalized spacial score (nSPS) is 21.5. The lowest BCUT2D eigenvalue weighted by Crippen LogP contribution is -2.48. The Morgan fingerprint density at radius 2 is 2.00 bits per heavy atom. The van der Waals surface area contributed by atoms with Crippen molar-refractivity contribution in [3.05, 3.63) is 0 Å². The van der Waals surface area contributed by atoms with Crippen LogP contribution in [0.5, 0.6) is 0 Å². The Kier molecular flexibility index (Phi) is 5.34. The summed E-state index contributed by atoms with van der Waals surface area (Å²) in [7, 11) is -3.01. The molecule has 1 aliphatic rings. The van der Waals surface area contributed by atoms with Crippen LogP contribution in [-0.4, -0.2) is 56.3 Å². The number of carbonyl (C=O) groups is 2. The highest BCUT2D eigenvalue weighted by Crippen LogP contribution is 2.11. The number of sulfone groups is 1. The molecule has 1 heterocycles. The average molecular weight is 290 g/mol. The van der Waals surface area contributed by atoms with Gasteiger partial charge in [0.15, 0.2) is 0 Å². The van der Waals surface area contributed by atoms with Gasteiger partial charge in [-0.2, -0.15) is 0 Å². The van der Waals surface area contributed by atoms with Crippen molar-refractivity contribution in [1.82, 2.24) is 10.2 Å². The van der Waals surface area contributed by atoms with Gasteiger partial charge in [0.05, 0.1) is 5.75 Å². The zero-order valence-electron chi connectivity index (χ0n) is 11.7. The number of rotatable bonds is 5. The first-order valence-electron chi connectivity index (χ1n) is 6.46. The molecule has 0 aromatic rings. The third kappa shape index (κ3) is 5.18. The van der Waals surface area contributed by atoms with Gasteiger partial charge in [0.25, 0.3) is 0 Å². The summed E-state index contributed by atoms with van der Waals surface area (Å²) >= 11 is 0. The molecule has 1 rings (SSSR count). The topological polar surface area (TPSA) is 83.6 Å². The molecule has 1 saturated heterocycles. The first-order valence-corrected chi connectivity index (χ1v) is 8.52. The summed E-state index contributed by atoms with van der Waals surface area (Å²) in [6.45, 7) is 4.49. The first kappa shape index (κ1) is 15.9. The van der Waals surface area contributed by atoms with E-state index in [0.29, 0.717) is 19.5 Å². The molecule has 1 aliphatic heterocycles. The molecule has 1 unspecified atom stereocenters. The third-order valence-corrected chi connectivity index (χ3v) is 4.14. The van der Waals surface area contributed by atoms with Gasteiger partial charge in [-0.1, -0.05) is 13.8 Å². The predicted molar refractivity (Wildman–Crippen MR) is 72.3 cm³/mol. The molecule has 110 valence electrons. The van der Waals surface area contributed by atoms with E-state index in [0.717, 1.165) is 0 Å². The lowest BCUT2D eigenvalue weighted by Gasteiger charge is -2.25. The molecule has 0 spiro atoms. The van der Waals surface area contributed by atoms with Gasteiger partial charge in [-0.15, -0.1) is 0 Å². The van der Waals surface area contributed by atoms with Crippen molar-refractivity contribution in [2.75, 3.05) is 25.1 Å². The Morgan fingerprint density at radius 3 is 2.53 bits per heavy atom. The van der Waals surface area contributed by atoms with E-state index < -0.39 is 15.9 Å². The molecule has 6 nitrogen and oxygen atoms in total. The zero-order valence-corrected chi connectivity index (χ0v) is 12.5. The second-order valence-electron chi connectivity index (χ2n) is 5.35. The first-order chi connectivity index (χ1) is 8.70. The molecular formula is C12H22N2O4S. The molecule has 2 amide bonds. The van der Waals surface area contributed by atoms with Crippen molar-refractivity contribution in [2.45, 2.75) is 32.7 Å². The molecule has 7 heteroatoms. The summed E-state index contributed by atoms with van der Waals surface area (Å²) in [4.78, 5) is 25.4. The van der Waals surface area contributed by atoms with E-state index >= 15 is 0 Å². The molecular weight excluding hydrogens is 268 g/mol. The van der Waals surface area contributed by atoms with Crippen LogP contribution in [0.15, 0.2) is 0 Å². The lowest BCUT2D eigenvalue weighted by molar-refractivity contribution is -0.134. The maximum atomic E-state index is 12.2. The van der Waals surface area contributed by atoms with Crippen LogP contribution in [0.25, 0.3) is 0 Å². The van der Waals surface area contributed by atoms with Gasteiger partial charge in [0.2, 0.25) is 11.8 Å². The van der Waals surface area contributed by atoms with Gasteiger partial charge < -0.3 is 10.2 Å². The van der Waals surface area contributed by atoms with Crippen molar-refractivity contribution in [1.29, 1.82) is 0 Å². The fourth-order valence-electron chi connectivity index (χ4n) is 2.04. The molecule has 0 saturated carbocycles. The number of amides is 2. The molecule has 19 heavy (non-hydrogen) atoms. The third-order valence-electron chi connectivity index (χ3n) is 3.11.